The molecule has 0 amide bonds. The third kappa shape index (κ3) is 2.96. The molecule has 106 valence electrons. The summed E-state index contributed by atoms with van der Waals surface area (Å²) < 4.78 is 43.4. The van der Waals surface area contributed by atoms with Crippen molar-refractivity contribution in [3.63, 3.8) is 0 Å². The predicted molar refractivity (Wildman–Crippen MR) is 68.6 cm³/mol. The van der Waals surface area contributed by atoms with Crippen molar-refractivity contribution in [2.45, 2.75) is 18.2 Å². The molecule has 2 rings (SSSR count). The molecule has 0 aromatic heterocycles. The molecule has 0 saturated carbocycles. The normalized spacial score (nSPS) is 23.1. The quantitative estimate of drug-likeness (QED) is 0.748. The Morgan fingerprint density at radius 2 is 1.85 bits per heavy atom. The Bertz CT molecular complexity index is 549. The second-order valence-corrected chi connectivity index (χ2v) is 4.29. The van der Waals surface area contributed by atoms with Crippen LogP contribution in [0.15, 0.2) is 64.5 Å². The monoisotopic (exact) mass is 282 g/mol. The number of nitrogens with zero attached hydrogens (tertiary/aromatic N) is 2. The number of azo groups is 1. The van der Waals surface area contributed by atoms with Crippen LogP contribution in [0.1, 0.15) is 6.42 Å². The van der Waals surface area contributed by atoms with Gasteiger partial charge in [0.15, 0.2) is 5.60 Å². The first kappa shape index (κ1) is 14.5. The lowest BCUT2D eigenvalue weighted by Crippen LogP contribution is -2.45. The average Bonchev–Trinajstić information content (AvgIpc) is 2.45. The van der Waals surface area contributed by atoms with Crippen molar-refractivity contribution in [2.24, 2.45) is 10.2 Å². The Kier molecular flexibility index (Phi) is 4.04. The molecule has 0 fully saturated rings. The lowest BCUT2D eigenvalue weighted by molar-refractivity contribution is -0.248. The summed E-state index contributed by atoms with van der Waals surface area (Å²) in [5.74, 6) is 0. The molecule has 6 heteroatoms. The molecule has 0 aliphatic heterocycles. The summed E-state index contributed by atoms with van der Waals surface area (Å²) >= 11 is 0. The van der Waals surface area contributed by atoms with Crippen LogP contribution in [0.3, 0.4) is 0 Å². The van der Waals surface area contributed by atoms with Crippen LogP contribution in [0.4, 0.5) is 18.9 Å². The molecular weight excluding hydrogens is 269 g/mol. The van der Waals surface area contributed by atoms with Gasteiger partial charge in [-0.1, -0.05) is 24.3 Å². The highest BCUT2D eigenvalue weighted by Gasteiger charge is 2.53. The molecule has 0 saturated heterocycles. The summed E-state index contributed by atoms with van der Waals surface area (Å²) in [4.78, 5) is 0. The van der Waals surface area contributed by atoms with Gasteiger partial charge >= 0.3 is 6.18 Å². The summed E-state index contributed by atoms with van der Waals surface area (Å²) in [5.41, 5.74) is -1.24. The summed E-state index contributed by atoms with van der Waals surface area (Å²) in [5, 5.41) is 7.86. The van der Waals surface area contributed by atoms with Gasteiger partial charge in [0.1, 0.15) is 0 Å². The summed E-state index contributed by atoms with van der Waals surface area (Å²) in [6.07, 6.45) is -1.16. The van der Waals surface area contributed by atoms with E-state index in [9.17, 15) is 13.2 Å². The zero-order valence-corrected chi connectivity index (χ0v) is 10.8. The summed E-state index contributed by atoms with van der Waals surface area (Å²) in [7, 11) is 1.04. The van der Waals surface area contributed by atoms with Crippen molar-refractivity contribution in [1.29, 1.82) is 0 Å². The smallest absolute Gasteiger partial charge is 0.364 e. The zero-order chi connectivity index (χ0) is 14.6. The lowest BCUT2D eigenvalue weighted by atomic mass is 9.93. The molecule has 1 aliphatic rings. The van der Waals surface area contributed by atoms with Crippen LogP contribution in [-0.4, -0.2) is 18.9 Å². The topological polar surface area (TPSA) is 34.0 Å². The second-order valence-electron chi connectivity index (χ2n) is 4.29. The maximum Gasteiger partial charge on any atom is 0.421 e. The van der Waals surface area contributed by atoms with Crippen molar-refractivity contribution in [3.05, 3.63) is 54.3 Å². The number of benzene rings is 1. The van der Waals surface area contributed by atoms with Gasteiger partial charge in [-0.25, -0.2) is 0 Å². The predicted octanol–water partition coefficient (Wildman–Crippen LogP) is 4.56. The molecule has 20 heavy (non-hydrogen) atoms. The minimum atomic E-state index is -4.46. The maximum atomic E-state index is 12.9. The third-order valence-electron chi connectivity index (χ3n) is 3.02. The van der Waals surface area contributed by atoms with Crippen molar-refractivity contribution < 1.29 is 17.9 Å². The Labute approximate surface area is 114 Å². The Hall–Kier alpha value is -1.95. The molecule has 0 spiro atoms. The minimum absolute atomic E-state index is 0.313. The second kappa shape index (κ2) is 5.58. The minimum Gasteiger partial charge on any atom is -0.364 e. The van der Waals surface area contributed by atoms with Gasteiger partial charge in [0.05, 0.1) is 11.4 Å². The van der Waals surface area contributed by atoms with Gasteiger partial charge in [-0.2, -0.15) is 23.4 Å². The fraction of sp³-hybridized carbons (Fsp3) is 0.286. The lowest BCUT2D eigenvalue weighted by Gasteiger charge is -2.32. The van der Waals surface area contributed by atoms with E-state index in [2.05, 4.69) is 15.0 Å². The largest absolute Gasteiger partial charge is 0.421 e. The summed E-state index contributed by atoms with van der Waals surface area (Å²) in [6.45, 7) is 0. The van der Waals surface area contributed by atoms with Crippen LogP contribution < -0.4 is 0 Å². The highest BCUT2D eigenvalue weighted by molar-refractivity contribution is 5.36. The van der Waals surface area contributed by atoms with Gasteiger partial charge < -0.3 is 4.74 Å². The fourth-order valence-electron chi connectivity index (χ4n) is 1.77. The van der Waals surface area contributed by atoms with Crippen LogP contribution in [-0.2, 0) is 4.74 Å². The number of halogens is 3. The van der Waals surface area contributed by atoms with Crippen molar-refractivity contribution >= 4 is 5.69 Å². The van der Waals surface area contributed by atoms with E-state index in [1.807, 2.05) is 6.07 Å². The van der Waals surface area contributed by atoms with Crippen LogP contribution in [0.5, 0.6) is 0 Å². The van der Waals surface area contributed by atoms with E-state index in [1.54, 1.807) is 24.3 Å². The molecule has 3 nitrogen and oxygen atoms in total. The van der Waals surface area contributed by atoms with Gasteiger partial charge in [0, 0.05) is 13.5 Å². The Morgan fingerprint density at radius 1 is 1.15 bits per heavy atom. The standard InChI is InChI=1S/C14H13F3N2O/c1-20-13(14(15,16)17)9-7-12(8-10-13)19-18-11-5-3-2-4-6-11/h2-9H,10H2,1H3. The molecular formula is C14H13F3N2O. The van der Waals surface area contributed by atoms with E-state index in [4.69, 9.17) is 0 Å². The van der Waals surface area contributed by atoms with E-state index < -0.39 is 11.8 Å². The molecule has 1 unspecified atom stereocenters. The van der Waals surface area contributed by atoms with Crippen molar-refractivity contribution in [2.75, 3.05) is 7.11 Å². The van der Waals surface area contributed by atoms with Gasteiger partial charge in [-0.05, 0) is 24.3 Å². The molecule has 0 N–H and O–H groups in total. The Morgan fingerprint density at radius 3 is 2.35 bits per heavy atom. The zero-order valence-electron chi connectivity index (χ0n) is 10.8. The number of hydrogen-bond acceptors (Lipinski definition) is 3. The highest BCUT2D eigenvalue weighted by Crippen LogP contribution is 2.40. The van der Waals surface area contributed by atoms with Crippen LogP contribution >= 0.6 is 0 Å². The van der Waals surface area contributed by atoms with Crippen molar-refractivity contribution in [1.82, 2.24) is 0 Å². The fourth-order valence-corrected chi connectivity index (χ4v) is 1.77. The molecule has 1 aromatic rings. The molecule has 1 aliphatic carbocycles. The first-order valence-corrected chi connectivity index (χ1v) is 5.95. The van der Waals surface area contributed by atoms with Crippen molar-refractivity contribution in [3.8, 4) is 0 Å². The highest BCUT2D eigenvalue weighted by atomic mass is 19.4. The SMILES string of the molecule is COC1(C(F)(F)F)C=CC(N=Nc2ccccc2)=CC1. The molecule has 1 aromatic carbocycles. The van der Waals surface area contributed by atoms with Crippen LogP contribution in [0.25, 0.3) is 0 Å². The maximum absolute atomic E-state index is 12.9. The number of alkyl halides is 3. The van der Waals surface area contributed by atoms with Crippen LogP contribution in [0.2, 0.25) is 0 Å². The molecule has 0 bridgehead atoms. The number of ether oxygens (including phenoxy) is 1. The number of hydrogen-bond donors (Lipinski definition) is 0. The van der Waals surface area contributed by atoms with E-state index in [-0.39, 0.29) is 6.42 Å². The molecule has 0 radical (unpaired) electrons. The van der Waals surface area contributed by atoms with Gasteiger partial charge in [-0.3, -0.25) is 0 Å². The first-order valence-electron chi connectivity index (χ1n) is 5.95. The number of allylic oxidation sites excluding steroid dienone is 1. The van der Waals surface area contributed by atoms with E-state index in [0.717, 1.165) is 13.2 Å². The molecule has 0 heterocycles. The van der Waals surface area contributed by atoms with Crippen LogP contribution in [0, 0.1) is 0 Å². The van der Waals surface area contributed by atoms with E-state index in [1.165, 1.54) is 12.2 Å². The number of methoxy groups -OCH3 is 1. The summed E-state index contributed by atoms with van der Waals surface area (Å²) in [6, 6.07) is 8.96. The average molecular weight is 282 g/mol. The number of rotatable bonds is 3. The van der Waals surface area contributed by atoms with Gasteiger partial charge in [-0.15, -0.1) is 0 Å². The molecule has 1 atom stereocenters. The third-order valence-corrected chi connectivity index (χ3v) is 3.02. The van der Waals surface area contributed by atoms with E-state index in [0.29, 0.717) is 11.4 Å². The Balaban J connectivity index is 2.11. The first-order chi connectivity index (χ1) is 9.47. The van der Waals surface area contributed by atoms with E-state index >= 15 is 0 Å². The van der Waals surface area contributed by atoms with Gasteiger partial charge in [0.2, 0.25) is 0 Å². The van der Waals surface area contributed by atoms with Gasteiger partial charge in [0.25, 0.3) is 0 Å².